The number of amides is 1. The van der Waals surface area contributed by atoms with Crippen LogP contribution in [0.3, 0.4) is 0 Å². The van der Waals surface area contributed by atoms with Gasteiger partial charge in [0.05, 0.1) is 16.8 Å². The first-order valence-corrected chi connectivity index (χ1v) is 9.06. The van der Waals surface area contributed by atoms with Crippen LogP contribution in [-0.2, 0) is 6.54 Å². The molecule has 4 nitrogen and oxygen atoms in total. The molecule has 5 heteroatoms. The molecular weight excluding hydrogens is 320 g/mol. The number of hydrogen-bond acceptors (Lipinski definition) is 3. The third-order valence-corrected chi connectivity index (χ3v) is 4.61. The van der Waals surface area contributed by atoms with Crippen LogP contribution >= 0.6 is 11.3 Å². The highest BCUT2D eigenvalue weighted by Gasteiger charge is 2.16. The first kappa shape index (κ1) is 16.6. The fourth-order valence-corrected chi connectivity index (χ4v) is 3.39. The molecule has 24 heavy (non-hydrogen) atoms. The average Bonchev–Trinajstić information content (AvgIpc) is 3.16. The molecule has 126 valence electrons. The zero-order chi connectivity index (χ0) is 16.9. The van der Waals surface area contributed by atoms with Crippen LogP contribution in [0.25, 0.3) is 10.2 Å². The SMILES string of the molecule is CC(C)CNC(=O)c1cc2sccc2n1CCOc1ccccc1. The van der Waals surface area contributed by atoms with E-state index in [9.17, 15) is 4.79 Å². The molecule has 1 aromatic carbocycles. The van der Waals surface area contributed by atoms with Crippen LogP contribution in [0.15, 0.2) is 47.8 Å². The zero-order valence-electron chi connectivity index (χ0n) is 14.0. The normalized spacial score (nSPS) is 11.1. The van der Waals surface area contributed by atoms with E-state index < -0.39 is 0 Å². The van der Waals surface area contributed by atoms with E-state index in [0.29, 0.717) is 31.3 Å². The molecule has 0 aliphatic heterocycles. The summed E-state index contributed by atoms with van der Waals surface area (Å²) in [5.41, 5.74) is 1.79. The number of hydrogen-bond donors (Lipinski definition) is 1. The lowest BCUT2D eigenvalue weighted by atomic mass is 10.2. The van der Waals surface area contributed by atoms with E-state index in [1.165, 1.54) is 0 Å². The minimum Gasteiger partial charge on any atom is -0.492 e. The Morgan fingerprint density at radius 2 is 2.04 bits per heavy atom. The van der Waals surface area contributed by atoms with Crippen molar-refractivity contribution in [3.8, 4) is 5.75 Å². The molecule has 0 aliphatic carbocycles. The van der Waals surface area contributed by atoms with Crippen LogP contribution in [0.2, 0.25) is 0 Å². The summed E-state index contributed by atoms with van der Waals surface area (Å²) in [5.74, 6) is 1.25. The molecule has 2 heterocycles. The number of rotatable bonds is 7. The minimum absolute atomic E-state index is 0.0215. The number of thiophene rings is 1. The standard InChI is InChI=1S/C19H22N2O2S/c1-14(2)13-20-19(22)17-12-18-16(8-11-24-18)21(17)9-10-23-15-6-4-3-5-7-15/h3-8,11-12,14H,9-10,13H2,1-2H3,(H,20,22). The highest BCUT2D eigenvalue weighted by atomic mass is 32.1. The molecule has 0 unspecified atom stereocenters. The summed E-state index contributed by atoms with van der Waals surface area (Å²) < 4.78 is 8.96. The van der Waals surface area contributed by atoms with Crippen LogP contribution in [0.5, 0.6) is 5.75 Å². The van der Waals surface area contributed by atoms with E-state index in [2.05, 4.69) is 30.6 Å². The Hall–Kier alpha value is -2.27. The van der Waals surface area contributed by atoms with Gasteiger partial charge in [-0.05, 0) is 35.6 Å². The lowest BCUT2D eigenvalue weighted by Crippen LogP contribution is -2.29. The lowest BCUT2D eigenvalue weighted by molar-refractivity contribution is 0.0939. The second kappa shape index (κ2) is 7.53. The third kappa shape index (κ3) is 3.79. The van der Waals surface area contributed by atoms with Crippen molar-refractivity contribution in [1.82, 2.24) is 9.88 Å². The molecule has 0 saturated carbocycles. The van der Waals surface area contributed by atoms with Gasteiger partial charge in [-0.25, -0.2) is 0 Å². The molecule has 0 bridgehead atoms. The summed E-state index contributed by atoms with van der Waals surface area (Å²) >= 11 is 1.65. The van der Waals surface area contributed by atoms with E-state index in [1.54, 1.807) is 11.3 Å². The van der Waals surface area contributed by atoms with Gasteiger partial charge in [0, 0.05) is 6.54 Å². The predicted octanol–water partition coefficient (Wildman–Crippen LogP) is 4.17. The first-order chi connectivity index (χ1) is 11.6. The zero-order valence-corrected chi connectivity index (χ0v) is 14.8. The minimum atomic E-state index is -0.0215. The van der Waals surface area contributed by atoms with Crippen LogP contribution < -0.4 is 10.1 Å². The quantitative estimate of drug-likeness (QED) is 0.700. The number of para-hydroxylation sites is 1. The number of carbonyl (C=O) groups is 1. The average molecular weight is 342 g/mol. The Balaban J connectivity index is 1.74. The van der Waals surface area contributed by atoms with Crippen molar-refractivity contribution >= 4 is 27.5 Å². The molecule has 0 radical (unpaired) electrons. The van der Waals surface area contributed by atoms with Gasteiger partial charge in [0.15, 0.2) is 0 Å². The number of carbonyl (C=O) groups excluding carboxylic acids is 1. The topological polar surface area (TPSA) is 43.3 Å². The molecule has 0 spiro atoms. The van der Waals surface area contributed by atoms with E-state index in [0.717, 1.165) is 16.0 Å². The smallest absolute Gasteiger partial charge is 0.267 e. The maximum absolute atomic E-state index is 12.5. The second-order valence-corrected chi connectivity index (χ2v) is 7.06. The van der Waals surface area contributed by atoms with Crippen molar-refractivity contribution in [3.63, 3.8) is 0 Å². The molecule has 1 amide bonds. The molecule has 2 aromatic heterocycles. The molecule has 0 fully saturated rings. The van der Waals surface area contributed by atoms with Crippen LogP contribution in [-0.4, -0.2) is 23.6 Å². The summed E-state index contributed by atoms with van der Waals surface area (Å²) in [7, 11) is 0. The van der Waals surface area contributed by atoms with E-state index in [4.69, 9.17) is 4.74 Å². The molecule has 1 N–H and O–H groups in total. The van der Waals surface area contributed by atoms with Gasteiger partial charge in [-0.15, -0.1) is 11.3 Å². The second-order valence-electron chi connectivity index (χ2n) is 6.12. The maximum atomic E-state index is 12.5. The molecule has 3 rings (SSSR count). The largest absolute Gasteiger partial charge is 0.492 e. The van der Waals surface area contributed by atoms with E-state index >= 15 is 0 Å². The van der Waals surface area contributed by atoms with Crippen LogP contribution in [0.1, 0.15) is 24.3 Å². The van der Waals surface area contributed by atoms with Gasteiger partial charge in [-0.3, -0.25) is 4.79 Å². The number of fused-ring (bicyclic) bond motifs is 1. The van der Waals surface area contributed by atoms with Crippen LogP contribution in [0, 0.1) is 5.92 Å². The Kier molecular flexibility index (Phi) is 5.20. The van der Waals surface area contributed by atoms with Gasteiger partial charge >= 0.3 is 0 Å². The van der Waals surface area contributed by atoms with E-state index in [1.807, 2.05) is 41.0 Å². The Morgan fingerprint density at radius 1 is 1.25 bits per heavy atom. The molecular formula is C19H22N2O2S. The summed E-state index contributed by atoms with van der Waals surface area (Å²) in [6.45, 7) is 6.02. The maximum Gasteiger partial charge on any atom is 0.267 e. The molecule has 0 atom stereocenters. The van der Waals surface area contributed by atoms with Gasteiger partial charge in [0.2, 0.25) is 0 Å². The fourth-order valence-electron chi connectivity index (χ4n) is 2.57. The van der Waals surface area contributed by atoms with Crippen molar-refractivity contribution in [2.45, 2.75) is 20.4 Å². The van der Waals surface area contributed by atoms with E-state index in [-0.39, 0.29) is 5.91 Å². The van der Waals surface area contributed by atoms with Crippen LogP contribution in [0.4, 0.5) is 0 Å². The highest BCUT2D eigenvalue weighted by Crippen LogP contribution is 2.25. The predicted molar refractivity (Wildman–Crippen MR) is 98.9 cm³/mol. The summed E-state index contributed by atoms with van der Waals surface area (Å²) in [6.07, 6.45) is 0. The summed E-state index contributed by atoms with van der Waals surface area (Å²) in [6, 6.07) is 13.8. The first-order valence-electron chi connectivity index (χ1n) is 8.18. The fraction of sp³-hybridized carbons (Fsp3) is 0.316. The van der Waals surface area contributed by atoms with Gasteiger partial charge in [0.25, 0.3) is 5.91 Å². The van der Waals surface area contributed by atoms with Crippen molar-refractivity contribution in [3.05, 3.63) is 53.5 Å². The monoisotopic (exact) mass is 342 g/mol. The number of nitrogens with one attached hydrogen (secondary N) is 1. The molecule has 3 aromatic rings. The highest BCUT2D eigenvalue weighted by molar-refractivity contribution is 7.17. The van der Waals surface area contributed by atoms with Crippen molar-refractivity contribution in [1.29, 1.82) is 0 Å². The van der Waals surface area contributed by atoms with Gasteiger partial charge in [-0.1, -0.05) is 32.0 Å². The van der Waals surface area contributed by atoms with Gasteiger partial charge in [-0.2, -0.15) is 0 Å². The van der Waals surface area contributed by atoms with Crippen molar-refractivity contribution in [2.24, 2.45) is 5.92 Å². The third-order valence-electron chi connectivity index (χ3n) is 3.75. The number of nitrogens with zero attached hydrogens (tertiary/aromatic N) is 1. The van der Waals surface area contributed by atoms with Crippen molar-refractivity contribution < 1.29 is 9.53 Å². The number of ether oxygens (including phenoxy) is 1. The molecule has 0 aliphatic rings. The summed E-state index contributed by atoms with van der Waals surface area (Å²) in [5, 5.41) is 5.05. The Morgan fingerprint density at radius 3 is 2.79 bits per heavy atom. The van der Waals surface area contributed by atoms with Crippen molar-refractivity contribution in [2.75, 3.05) is 13.2 Å². The van der Waals surface area contributed by atoms with Gasteiger partial charge < -0.3 is 14.6 Å². The Labute approximate surface area is 146 Å². The number of benzene rings is 1. The number of aromatic nitrogens is 1. The van der Waals surface area contributed by atoms with Gasteiger partial charge in [0.1, 0.15) is 18.1 Å². The Bertz CT molecular complexity index is 805. The molecule has 0 saturated heterocycles. The summed E-state index contributed by atoms with van der Waals surface area (Å²) in [4.78, 5) is 12.5. The lowest BCUT2D eigenvalue weighted by Gasteiger charge is -2.12.